The van der Waals surface area contributed by atoms with E-state index in [4.69, 9.17) is 20.3 Å². The summed E-state index contributed by atoms with van der Waals surface area (Å²) in [6.07, 6.45) is 0. The third kappa shape index (κ3) is 8.09. The first kappa shape index (κ1) is 40.5. The molecule has 308 valence electrons. The second kappa shape index (κ2) is 17.3. The van der Waals surface area contributed by atoms with Gasteiger partial charge in [0.25, 0.3) is 0 Å². The Kier molecular flexibility index (Phi) is 10.9. The average molecular weight is 896 g/mol. The molecule has 6 nitrogen and oxygen atoms in total. The molecule has 0 aliphatic carbocycles. The third-order valence-corrected chi connectivity index (χ3v) is 12.1. The first-order chi connectivity index (χ1) is 31.3. The van der Waals surface area contributed by atoms with Crippen molar-refractivity contribution in [1.29, 1.82) is 0 Å². The topological polar surface area (TPSA) is 119 Å². The third-order valence-electron chi connectivity index (χ3n) is 11.5. The lowest BCUT2D eigenvalue weighted by Crippen LogP contribution is -2.29. The molecule has 0 radical (unpaired) electrons. The number of nitrogens with two attached hydrogens (primary N) is 2. The lowest BCUT2D eigenvalue weighted by molar-refractivity contribution is 0.426. The van der Waals surface area contributed by atoms with Gasteiger partial charge in [-0.1, -0.05) is 143 Å². The van der Waals surface area contributed by atoms with Crippen LogP contribution in [0, 0.1) is 0 Å². The molecule has 10 aromatic carbocycles. The largest absolute Gasteiger partial charge is 0.488 e. The average Bonchev–Trinajstić information content (AvgIpc) is 3.91. The van der Waals surface area contributed by atoms with E-state index in [1.165, 1.54) is 38.4 Å². The van der Waals surface area contributed by atoms with Crippen molar-refractivity contribution in [3.63, 3.8) is 0 Å². The van der Waals surface area contributed by atoms with Gasteiger partial charge >= 0.3 is 7.12 Å². The molecule has 12 rings (SSSR count). The SMILES string of the molecule is Nc1ccc(-c2ccc3cc(-c4cccc5oc6ccccc6c45)ccc3c2)cc1.Nc1ccc(Br)cc1.OB(O)c1ccc2cc(-c3cccc4oc5ccccc5c34)ccc2c1. The molecule has 0 fully saturated rings. The predicted molar refractivity (Wildman–Crippen MR) is 272 cm³/mol. The van der Waals surface area contributed by atoms with Crippen molar-refractivity contribution in [3.8, 4) is 33.4 Å². The van der Waals surface area contributed by atoms with Crippen LogP contribution < -0.4 is 16.9 Å². The minimum atomic E-state index is -1.45. The summed E-state index contributed by atoms with van der Waals surface area (Å²) in [7, 11) is -1.45. The summed E-state index contributed by atoms with van der Waals surface area (Å²) in [6.45, 7) is 0. The van der Waals surface area contributed by atoms with Crippen LogP contribution in [0.25, 0.3) is 98.8 Å². The zero-order valence-corrected chi connectivity index (χ0v) is 36.0. The molecule has 8 heteroatoms. The molecule has 0 bridgehead atoms. The van der Waals surface area contributed by atoms with Gasteiger partial charge in [0.15, 0.2) is 0 Å². The standard InChI is InChI=1S/C28H19NO.C22H15BO3.C6H6BrN/c29-23-14-12-18(13-15-23)19-8-9-21-17-22(11-10-20(21)16-19)24-5-3-7-27-28(24)25-4-1-2-6-26(25)30-27;24-23(25)17-11-10-14-12-16(9-8-15(14)13-17)18-5-3-7-21-22(18)19-4-1-2-6-20(19)26-21;7-5-1-3-6(8)4-2-5/h1-17H,29H2;1-13,24-25H;1-4H,8H2. The first-order valence-corrected chi connectivity index (χ1v) is 21.7. The number of hydrogen-bond acceptors (Lipinski definition) is 6. The predicted octanol–water partition coefficient (Wildman–Crippen LogP) is 13.8. The maximum atomic E-state index is 9.36. The van der Waals surface area contributed by atoms with Crippen LogP contribution in [-0.2, 0) is 0 Å². The van der Waals surface area contributed by atoms with Crippen molar-refractivity contribution in [2.75, 3.05) is 11.5 Å². The zero-order chi connectivity index (χ0) is 43.7. The van der Waals surface area contributed by atoms with Crippen LogP contribution in [0.3, 0.4) is 0 Å². The molecular weight excluding hydrogens is 855 g/mol. The van der Waals surface area contributed by atoms with E-state index in [2.05, 4.69) is 113 Å². The van der Waals surface area contributed by atoms with Gasteiger partial charge in [0.1, 0.15) is 22.3 Å². The number of nitrogen functional groups attached to an aromatic ring is 2. The number of hydrogen-bond donors (Lipinski definition) is 4. The van der Waals surface area contributed by atoms with Crippen molar-refractivity contribution >= 4 is 105 Å². The Morgan fingerprint density at radius 2 is 0.781 bits per heavy atom. The summed E-state index contributed by atoms with van der Waals surface area (Å²) in [5.74, 6) is 0. The molecule has 0 aliphatic heterocycles. The number of fused-ring (bicyclic) bond motifs is 8. The Labute approximate surface area is 377 Å². The summed E-state index contributed by atoms with van der Waals surface area (Å²) < 4.78 is 13.1. The molecule has 12 aromatic rings. The second-order valence-corrected chi connectivity index (χ2v) is 16.6. The first-order valence-electron chi connectivity index (χ1n) is 20.9. The molecule has 0 aliphatic rings. The number of furan rings is 2. The molecule has 64 heavy (non-hydrogen) atoms. The van der Waals surface area contributed by atoms with Gasteiger partial charge in [-0.15, -0.1) is 0 Å². The molecule has 0 amide bonds. The van der Waals surface area contributed by atoms with Gasteiger partial charge in [-0.3, -0.25) is 0 Å². The maximum absolute atomic E-state index is 9.36. The minimum absolute atomic E-state index is 0.494. The Morgan fingerprint density at radius 3 is 1.28 bits per heavy atom. The highest BCUT2D eigenvalue weighted by Crippen LogP contribution is 2.39. The highest BCUT2D eigenvalue weighted by molar-refractivity contribution is 9.10. The molecule has 6 N–H and O–H groups in total. The number of benzene rings is 10. The van der Waals surface area contributed by atoms with Gasteiger partial charge in [0, 0.05) is 37.4 Å². The Bertz CT molecular complexity index is 3620. The van der Waals surface area contributed by atoms with Gasteiger partial charge in [-0.05, 0) is 139 Å². The molecule has 0 saturated carbocycles. The van der Waals surface area contributed by atoms with Crippen molar-refractivity contribution in [2.45, 2.75) is 0 Å². The van der Waals surface area contributed by atoms with Gasteiger partial charge in [0.05, 0.1) is 0 Å². The van der Waals surface area contributed by atoms with Crippen molar-refractivity contribution in [1.82, 2.24) is 0 Å². The van der Waals surface area contributed by atoms with E-state index < -0.39 is 7.12 Å². The van der Waals surface area contributed by atoms with Gasteiger partial charge in [-0.2, -0.15) is 0 Å². The smallest absolute Gasteiger partial charge is 0.456 e. The number of rotatable bonds is 4. The van der Waals surface area contributed by atoms with E-state index in [1.807, 2.05) is 97.1 Å². The number of para-hydroxylation sites is 2. The molecule has 2 heterocycles. The second-order valence-electron chi connectivity index (χ2n) is 15.7. The van der Waals surface area contributed by atoms with Crippen LogP contribution in [-0.4, -0.2) is 17.2 Å². The Hall–Kier alpha value is -7.62. The molecule has 2 aromatic heterocycles. The summed E-state index contributed by atoms with van der Waals surface area (Å²) >= 11 is 3.29. The van der Waals surface area contributed by atoms with Crippen LogP contribution in [0.15, 0.2) is 220 Å². The highest BCUT2D eigenvalue weighted by Gasteiger charge is 2.15. The minimum Gasteiger partial charge on any atom is -0.456 e. The highest BCUT2D eigenvalue weighted by atomic mass is 79.9. The lowest BCUT2D eigenvalue weighted by atomic mass is 9.79. The van der Waals surface area contributed by atoms with Crippen molar-refractivity contribution in [3.05, 3.63) is 211 Å². The summed E-state index contributed by atoms with van der Waals surface area (Å²) in [6, 6.07) is 69.2. The van der Waals surface area contributed by atoms with Crippen molar-refractivity contribution in [2.24, 2.45) is 0 Å². The zero-order valence-electron chi connectivity index (χ0n) is 34.5. The summed E-state index contributed by atoms with van der Waals surface area (Å²) in [5.41, 5.74) is 23.9. The van der Waals surface area contributed by atoms with Crippen LogP contribution in [0.4, 0.5) is 11.4 Å². The normalized spacial score (nSPS) is 11.2. The fourth-order valence-corrected chi connectivity index (χ4v) is 8.62. The van der Waals surface area contributed by atoms with E-state index in [1.54, 1.807) is 12.1 Å². The molecule has 0 spiro atoms. The van der Waals surface area contributed by atoms with Crippen LogP contribution in [0.1, 0.15) is 0 Å². The molecule has 0 saturated heterocycles. The fourth-order valence-electron chi connectivity index (χ4n) is 8.35. The van der Waals surface area contributed by atoms with Gasteiger partial charge in [0.2, 0.25) is 0 Å². The van der Waals surface area contributed by atoms with Gasteiger partial charge < -0.3 is 30.3 Å². The summed E-state index contributed by atoms with van der Waals surface area (Å²) in [5, 5.41) is 27.7. The Balaban J connectivity index is 0.000000130. The molecule has 0 unspecified atom stereocenters. The summed E-state index contributed by atoms with van der Waals surface area (Å²) in [4.78, 5) is 0. The van der Waals surface area contributed by atoms with Crippen LogP contribution in [0.5, 0.6) is 0 Å². The molecule has 0 atom stereocenters. The van der Waals surface area contributed by atoms with Gasteiger partial charge in [-0.25, -0.2) is 0 Å². The van der Waals surface area contributed by atoms with E-state index >= 15 is 0 Å². The van der Waals surface area contributed by atoms with Crippen molar-refractivity contribution < 1.29 is 18.9 Å². The number of halogens is 1. The van der Waals surface area contributed by atoms with Crippen LogP contribution >= 0.6 is 15.9 Å². The maximum Gasteiger partial charge on any atom is 0.488 e. The van der Waals surface area contributed by atoms with E-state index in [0.717, 1.165) is 76.2 Å². The van der Waals surface area contributed by atoms with E-state index in [0.29, 0.717) is 5.46 Å². The fraction of sp³-hybridized carbons (Fsp3) is 0. The quantitative estimate of drug-likeness (QED) is 0.103. The number of anilines is 2. The monoisotopic (exact) mass is 894 g/mol. The molecular formula is C56H40BBrN2O4. The lowest BCUT2D eigenvalue weighted by Gasteiger charge is -2.08. The Morgan fingerprint density at radius 1 is 0.375 bits per heavy atom. The van der Waals surface area contributed by atoms with E-state index in [9.17, 15) is 10.0 Å². The van der Waals surface area contributed by atoms with E-state index in [-0.39, 0.29) is 0 Å². The van der Waals surface area contributed by atoms with Crippen LogP contribution in [0.2, 0.25) is 0 Å².